The number of anilines is 1. The summed E-state index contributed by atoms with van der Waals surface area (Å²) in [5, 5.41) is 24.5. The van der Waals surface area contributed by atoms with Gasteiger partial charge in [0.05, 0.1) is 17.2 Å². The van der Waals surface area contributed by atoms with Gasteiger partial charge in [0.25, 0.3) is 0 Å². The number of hydrogen-bond donors (Lipinski definition) is 2. The number of aliphatic carboxylic acids is 1. The van der Waals surface area contributed by atoms with Gasteiger partial charge < -0.3 is 20.3 Å². The van der Waals surface area contributed by atoms with Crippen molar-refractivity contribution < 1.29 is 20.0 Å². The van der Waals surface area contributed by atoms with Gasteiger partial charge in [0, 0.05) is 31.1 Å². The van der Waals surface area contributed by atoms with Gasteiger partial charge in [0.15, 0.2) is 5.69 Å². The van der Waals surface area contributed by atoms with E-state index in [1.807, 2.05) is 31.2 Å². The Morgan fingerprint density at radius 3 is 2.81 bits per heavy atom. The fourth-order valence-electron chi connectivity index (χ4n) is 2.43. The third-order valence-corrected chi connectivity index (χ3v) is 3.43. The smallest absolute Gasteiger partial charge is 0.213 e. The molecule has 0 fully saturated rings. The van der Waals surface area contributed by atoms with Gasteiger partial charge in [-0.15, -0.1) is 0 Å². The molecule has 2 rings (SSSR count). The maximum absolute atomic E-state index is 10.7. The van der Waals surface area contributed by atoms with Crippen LogP contribution in [0.25, 0.3) is 10.9 Å². The van der Waals surface area contributed by atoms with E-state index >= 15 is 0 Å². The number of aliphatic hydroxyl groups excluding tert-OH is 1. The average molecular weight is 288 g/mol. The number of hydrogen-bond acceptors (Lipinski definition) is 4. The standard InChI is InChI=1S/C16H20N2O3/c1-10(19)9-17-16-12(7-8-15(20)21)11(2)18-14-6-4-3-5-13(14)16/h3-6,10,19H,7-9H2,1-2H3,(H,17,18)(H,20,21)/t10-/m0/s1. The van der Waals surface area contributed by atoms with Crippen LogP contribution in [0.5, 0.6) is 0 Å². The SMILES string of the molecule is Cc1[nH+]c2ccccc2c(NC[C@H](C)O)c1CCC(=O)[O-]. The van der Waals surface area contributed by atoms with Crippen LogP contribution in [-0.4, -0.2) is 23.7 Å². The molecule has 0 saturated heterocycles. The zero-order valence-corrected chi connectivity index (χ0v) is 12.3. The number of H-pyrrole nitrogens is 1. The van der Waals surface area contributed by atoms with Crippen LogP contribution in [0.4, 0.5) is 5.69 Å². The summed E-state index contributed by atoms with van der Waals surface area (Å²) in [6.07, 6.45) is -0.129. The van der Waals surface area contributed by atoms with Crippen molar-refractivity contribution in [1.29, 1.82) is 0 Å². The molecule has 1 aromatic carbocycles. The molecule has 3 N–H and O–H groups in total. The lowest BCUT2D eigenvalue weighted by atomic mass is 10.0. The van der Waals surface area contributed by atoms with Crippen LogP contribution in [0.2, 0.25) is 0 Å². The largest absolute Gasteiger partial charge is 0.550 e. The maximum atomic E-state index is 10.7. The fourth-order valence-corrected chi connectivity index (χ4v) is 2.43. The molecule has 112 valence electrons. The summed E-state index contributed by atoms with van der Waals surface area (Å²) in [4.78, 5) is 14.0. The highest BCUT2D eigenvalue weighted by molar-refractivity contribution is 5.91. The lowest BCUT2D eigenvalue weighted by molar-refractivity contribution is -0.355. The summed E-state index contributed by atoms with van der Waals surface area (Å²) in [5.74, 6) is -1.07. The molecule has 0 aliphatic heterocycles. The first kappa shape index (κ1) is 15.3. The van der Waals surface area contributed by atoms with Crippen LogP contribution >= 0.6 is 0 Å². The van der Waals surface area contributed by atoms with Gasteiger partial charge in [0.2, 0.25) is 5.52 Å². The Labute approximate surface area is 123 Å². The third-order valence-electron chi connectivity index (χ3n) is 3.43. The first-order chi connectivity index (χ1) is 9.99. The molecule has 0 spiro atoms. The number of aryl methyl sites for hydroxylation is 1. The molecule has 1 atom stereocenters. The van der Waals surface area contributed by atoms with Crippen molar-refractivity contribution in [2.24, 2.45) is 0 Å². The number of carboxylic acid groups (broad SMARTS) is 1. The molecule has 1 aromatic heterocycles. The minimum atomic E-state index is -1.07. The number of carbonyl (C=O) groups is 1. The number of nitrogens with one attached hydrogen (secondary N) is 2. The molecule has 0 unspecified atom stereocenters. The Bertz CT molecular complexity index is 653. The van der Waals surface area contributed by atoms with Gasteiger partial charge in [-0.3, -0.25) is 0 Å². The monoisotopic (exact) mass is 288 g/mol. The van der Waals surface area contributed by atoms with E-state index in [-0.39, 0.29) is 6.42 Å². The molecule has 21 heavy (non-hydrogen) atoms. The summed E-state index contributed by atoms with van der Waals surface area (Å²) in [6.45, 7) is 4.04. The van der Waals surface area contributed by atoms with Crippen molar-refractivity contribution in [1.82, 2.24) is 0 Å². The van der Waals surface area contributed by atoms with Gasteiger partial charge in [-0.05, 0) is 25.8 Å². The lowest BCUT2D eigenvalue weighted by Gasteiger charge is -2.15. The Balaban J connectivity index is 2.49. The number of carbonyl (C=O) groups excluding carboxylic acids is 1. The molecule has 5 nitrogen and oxygen atoms in total. The molecule has 5 heteroatoms. The van der Waals surface area contributed by atoms with Crippen LogP contribution in [0.3, 0.4) is 0 Å². The first-order valence-electron chi connectivity index (χ1n) is 7.04. The molecule has 1 heterocycles. The molecular weight excluding hydrogens is 268 g/mol. The summed E-state index contributed by atoms with van der Waals surface area (Å²) in [6, 6.07) is 7.82. The number of fused-ring (bicyclic) bond motifs is 1. The second kappa shape index (κ2) is 6.54. The molecular formula is C16H20N2O3. The summed E-state index contributed by atoms with van der Waals surface area (Å²) < 4.78 is 0. The number of aromatic amines is 1. The molecule has 2 aromatic rings. The number of aromatic nitrogens is 1. The predicted molar refractivity (Wildman–Crippen MR) is 78.7 cm³/mol. The second-order valence-corrected chi connectivity index (χ2v) is 5.25. The van der Waals surface area contributed by atoms with E-state index in [0.29, 0.717) is 13.0 Å². The molecule has 0 aliphatic rings. The van der Waals surface area contributed by atoms with E-state index in [4.69, 9.17) is 0 Å². The van der Waals surface area contributed by atoms with E-state index in [9.17, 15) is 15.0 Å². The fraction of sp³-hybridized carbons (Fsp3) is 0.375. The molecule has 0 saturated carbocycles. The highest BCUT2D eigenvalue weighted by atomic mass is 16.4. The van der Waals surface area contributed by atoms with E-state index in [2.05, 4.69) is 10.3 Å². The van der Waals surface area contributed by atoms with Crippen LogP contribution < -0.4 is 15.4 Å². The normalized spacial score (nSPS) is 12.3. The van der Waals surface area contributed by atoms with E-state index < -0.39 is 12.1 Å². The van der Waals surface area contributed by atoms with Crippen LogP contribution in [0.1, 0.15) is 24.6 Å². The second-order valence-electron chi connectivity index (χ2n) is 5.25. The number of aliphatic hydroxyl groups is 1. The van der Waals surface area contributed by atoms with Crippen LogP contribution in [0.15, 0.2) is 24.3 Å². The highest BCUT2D eigenvalue weighted by Crippen LogP contribution is 2.27. The summed E-state index contributed by atoms with van der Waals surface area (Å²) in [5.41, 5.74) is 3.69. The van der Waals surface area contributed by atoms with Crippen molar-refractivity contribution in [3.05, 3.63) is 35.5 Å². The number of benzene rings is 1. The van der Waals surface area contributed by atoms with Gasteiger partial charge in [-0.25, -0.2) is 4.98 Å². The van der Waals surface area contributed by atoms with Crippen molar-refractivity contribution >= 4 is 22.6 Å². The number of para-hydroxylation sites is 1. The highest BCUT2D eigenvalue weighted by Gasteiger charge is 2.17. The van der Waals surface area contributed by atoms with Crippen molar-refractivity contribution in [3.63, 3.8) is 0 Å². The average Bonchev–Trinajstić information content (AvgIpc) is 2.42. The summed E-state index contributed by atoms with van der Waals surface area (Å²) >= 11 is 0. The number of rotatable bonds is 6. The van der Waals surface area contributed by atoms with Gasteiger partial charge in [-0.2, -0.15) is 0 Å². The van der Waals surface area contributed by atoms with Crippen LogP contribution in [-0.2, 0) is 11.2 Å². The van der Waals surface area contributed by atoms with Crippen molar-refractivity contribution in [2.45, 2.75) is 32.8 Å². The topological polar surface area (TPSA) is 86.5 Å². The summed E-state index contributed by atoms with van der Waals surface area (Å²) in [7, 11) is 0. The minimum absolute atomic E-state index is 0.0314. The molecule has 0 radical (unpaired) electrons. The minimum Gasteiger partial charge on any atom is -0.550 e. The van der Waals surface area contributed by atoms with E-state index in [0.717, 1.165) is 27.8 Å². The quantitative estimate of drug-likeness (QED) is 0.807. The molecule has 0 bridgehead atoms. The number of pyridine rings is 1. The Morgan fingerprint density at radius 1 is 1.43 bits per heavy atom. The number of carboxylic acids is 1. The van der Waals surface area contributed by atoms with Crippen LogP contribution in [0, 0.1) is 6.92 Å². The Morgan fingerprint density at radius 2 is 2.14 bits per heavy atom. The third kappa shape index (κ3) is 3.70. The zero-order valence-electron chi connectivity index (χ0n) is 12.3. The van der Waals surface area contributed by atoms with E-state index in [1.165, 1.54) is 0 Å². The molecule has 0 amide bonds. The van der Waals surface area contributed by atoms with Crippen molar-refractivity contribution in [3.8, 4) is 0 Å². The lowest BCUT2D eigenvalue weighted by Crippen LogP contribution is -2.24. The van der Waals surface area contributed by atoms with Gasteiger partial charge >= 0.3 is 0 Å². The van der Waals surface area contributed by atoms with Gasteiger partial charge in [-0.1, -0.05) is 12.1 Å². The Kier molecular flexibility index (Phi) is 4.75. The maximum Gasteiger partial charge on any atom is 0.213 e. The van der Waals surface area contributed by atoms with Gasteiger partial charge in [0.1, 0.15) is 0 Å². The Hall–Kier alpha value is -2.14. The predicted octanol–water partition coefficient (Wildman–Crippen LogP) is 0.438. The first-order valence-corrected chi connectivity index (χ1v) is 7.04. The van der Waals surface area contributed by atoms with E-state index in [1.54, 1.807) is 6.92 Å². The zero-order chi connectivity index (χ0) is 15.4. The van der Waals surface area contributed by atoms with Crippen molar-refractivity contribution in [2.75, 3.05) is 11.9 Å². The molecule has 0 aliphatic carbocycles.